The molecule has 241 valence electrons. The van der Waals surface area contributed by atoms with Gasteiger partial charge in [-0.25, -0.2) is 4.79 Å². The quantitative estimate of drug-likeness (QED) is 0.157. The van der Waals surface area contributed by atoms with Gasteiger partial charge in [-0.2, -0.15) is 0 Å². The van der Waals surface area contributed by atoms with Gasteiger partial charge in [-0.1, -0.05) is 66.5 Å². The van der Waals surface area contributed by atoms with Crippen LogP contribution in [0.5, 0.6) is 0 Å². The summed E-state index contributed by atoms with van der Waals surface area (Å²) in [5.74, 6) is 2.01. The molecule has 0 spiro atoms. The third kappa shape index (κ3) is 8.22. The van der Waals surface area contributed by atoms with E-state index in [0.29, 0.717) is 54.3 Å². The molecule has 0 aliphatic heterocycles. The monoisotopic (exact) mass is 603 g/mol. The zero-order chi connectivity index (χ0) is 31.7. The zero-order valence-electron chi connectivity index (χ0n) is 29.1. The summed E-state index contributed by atoms with van der Waals surface area (Å²) in [6, 6.07) is 0. The Balaban J connectivity index is 1.61. The van der Waals surface area contributed by atoms with Gasteiger partial charge < -0.3 is 19.8 Å². The smallest absolute Gasteiger partial charge is 0.407 e. The molecule has 2 fully saturated rings. The number of fused-ring (bicyclic) bond motifs is 3. The highest BCUT2D eigenvalue weighted by atomic mass is 28.3. The Bertz CT molecular complexity index is 992. The lowest BCUT2D eigenvalue weighted by atomic mass is 9.43. The van der Waals surface area contributed by atoms with Gasteiger partial charge in [0.15, 0.2) is 0 Å². The first-order valence-electron chi connectivity index (χ1n) is 16.7. The number of rotatable bonds is 9. The Morgan fingerprint density at radius 2 is 1.62 bits per heavy atom. The molecule has 3 unspecified atom stereocenters. The minimum atomic E-state index is -0.949. The van der Waals surface area contributed by atoms with Crippen molar-refractivity contribution < 1.29 is 18.8 Å². The zero-order valence-corrected chi connectivity index (χ0v) is 30.1. The van der Waals surface area contributed by atoms with Crippen LogP contribution in [0, 0.1) is 28.6 Å². The first-order valence-corrected chi connectivity index (χ1v) is 18.2. The molecule has 0 aromatic heterocycles. The fraction of sp³-hybridized carbons (Fsp3) is 0.886. The SMILES string of the molecule is CC1=C(CCC(=O)NCCNC(=O)OC(C)(C)C)C2CCC3C(C)(C)C(O[Si](C(C)C)C(C)(C)C)CC[C@]3(C)[C@H]2CC1. The van der Waals surface area contributed by atoms with Gasteiger partial charge in [0.1, 0.15) is 5.60 Å². The van der Waals surface area contributed by atoms with E-state index in [9.17, 15) is 9.59 Å². The van der Waals surface area contributed by atoms with E-state index in [1.165, 1.54) is 31.3 Å². The molecule has 0 bridgehead atoms. The van der Waals surface area contributed by atoms with Crippen LogP contribution in [0.3, 0.4) is 0 Å². The maximum atomic E-state index is 12.8. The number of carbonyl (C=O) groups excluding carboxylic acids is 2. The summed E-state index contributed by atoms with van der Waals surface area (Å²) in [6.45, 7) is 28.0. The highest BCUT2D eigenvalue weighted by molar-refractivity contribution is 6.56. The molecule has 2 N–H and O–H groups in total. The Morgan fingerprint density at radius 1 is 0.976 bits per heavy atom. The van der Waals surface area contributed by atoms with Crippen LogP contribution in [0.2, 0.25) is 10.6 Å². The second-order valence-electron chi connectivity index (χ2n) is 16.7. The number of allylic oxidation sites excluding steroid dienone is 2. The van der Waals surface area contributed by atoms with Crippen LogP contribution in [0.1, 0.15) is 134 Å². The minimum absolute atomic E-state index is 0.0590. The van der Waals surface area contributed by atoms with Crippen molar-refractivity contribution in [3.05, 3.63) is 11.1 Å². The molecule has 0 aromatic rings. The predicted octanol–water partition coefficient (Wildman–Crippen LogP) is 8.57. The van der Waals surface area contributed by atoms with E-state index in [-0.39, 0.29) is 16.4 Å². The average Bonchev–Trinajstić information content (AvgIpc) is 2.83. The van der Waals surface area contributed by atoms with Crippen LogP contribution in [0.15, 0.2) is 11.1 Å². The Kier molecular flexibility index (Phi) is 11.2. The van der Waals surface area contributed by atoms with Crippen LogP contribution in [0.25, 0.3) is 0 Å². The van der Waals surface area contributed by atoms with Gasteiger partial charge in [-0.15, -0.1) is 0 Å². The van der Waals surface area contributed by atoms with E-state index in [0.717, 1.165) is 19.3 Å². The van der Waals surface area contributed by atoms with Crippen molar-refractivity contribution in [1.29, 1.82) is 0 Å². The van der Waals surface area contributed by atoms with E-state index in [4.69, 9.17) is 9.16 Å². The Morgan fingerprint density at radius 3 is 2.21 bits per heavy atom. The molecule has 0 aromatic carbocycles. The normalized spacial score (nSPS) is 29.7. The molecule has 0 heterocycles. The van der Waals surface area contributed by atoms with Crippen LogP contribution in [0.4, 0.5) is 4.79 Å². The van der Waals surface area contributed by atoms with Crippen molar-refractivity contribution in [2.45, 2.75) is 157 Å². The summed E-state index contributed by atoms with van der Waals surface area (Å²) in [6.07, 6.45) is 8.59. The maximum Gasteiger partial charge on any atom is 0.407 e. The number of ether oxygens (including phenoxy) is 1. The van der Waals surface area contributed by atoms with Crippen molar-refractivity contribution in [3.63, 3.8) is 0 Å². The third-order valence-corrected chi connectivity index (χ3v) is 13.7. The summed E-state index contributed by atoms with van der Waals surface area (Å²) < 4.78 is 12.4. The van der Waals surface area contributed by atoms with Crippen molar-refractivity contribution >= 4 is 21.0 Å². The van der Waals surface area contributed by atoms with E-state index in [2.05, 4.69) is 72.9 Å². The van der Waals surface area contributed by atoms with Crippen molar-refractivity contribution in [3.8, 4) is 0 Å². The maximum absolute atomic E-state index is 12.8. The standard InChI is InChI=1S/C35H63N2O4Si/c1-23(2)42(33(7,8)9)41-29-19-20-35(12)27-16-13-24(3)25(26(27)14-17-28(35)34(29,10)11)15-18-30(38)36-21-22-37-31(39)40-32(4,5)6/h23,26-29H,13-22H2,1-12H3,(H,36,38)(H,37,39)/t26?,27-,28?,29?,35+/m0/s1. The largest absolute Gasteiger partial charge is 0.444 e. The van der Waals surface area contributed by atoms with Gasteiger partial charge in [-0.05, 0) is 112 Å². The third-order valence-electron chi connectivity index (χ3n) is 10.7. The molecule has 2 saturated carbocycles. The van der Waals surface area contributed by atoms with Crippen molar-refractivity contribution in [2.24, 2.45) is 28.6 Å². The van der Waals surface area contributed by atoms with Gasteiger partial charge in [0.05, 0.1) is 6.10 Å². The predicted molar refractivity (Wildman–Crippen MR) is 175 cm³/mol. The molecule has 3 rings (SSSR count). The molecule has 3 aliphatic rings. The fourth-order valence-corrected chi connectivity index (χ4v) is 12.1. The number of amides is 2. The topological polar surface area (TPSA) is 76.7 Å². The van der Waals surface area contributed by atoms with E-state index >= 15 is 0 Å². The van der Waals surface area contributed by atoms with Crippen molar-refractivity contribution in [1.82, 2.24) is 10.6 Å². The molecule has 5 atom stereocenters. The molecule has 0 saturated heterocycles. The summed E-state index contributed by atoms with van der Waals surface area (Å²) in [7, 11) is -0.949. The minimum Gasteiger partial charge on any atom is -0.444 e. The van der Waals surface area contributed by atoms with Gasteiger partial charge >= 0.3 is 6.09 Å². The van der Waals surface area contributed by atoms with E-state index in [1.807, 2.05) is 20.8 Å². The molecule has 6 nitrogen and oxygen atoms in total. The first kappa shape index (κ1) is 35.1. The second-order valence-corrected chi connectivity index (χ2v) is 20.3. The number of alkyl carbamates (subject to hydrolysis) is 1. The summed E-state index contributed by atoms with van der Waals surface area (Å²) in [4.78, 5) is 24.6. The molecular formula is C35H63N2O4Si. The molecule has 2 amide bonds. The molecular weight excluding hydrogens is 540 g/mol. The Labute approximate surface area is 259 Å². The van der Waals surface area contributed by atoms with E-state index < -0.39 is 20.7 Å². The molecule has 42 heavy (non-hydrogen) atoms. The lowest BCUT2D eigenvalue weighted by Crippen LogP contribution is -2.58. The molecule has 1 radical (unpaired) electrons. The number of hydrogen-bond donors (Lipinski definition) is 2. The number of nitrogens with one attached hydrogen (secondary N) is 2. The van der Waals surface area contributed by atoms with E-state index in [1.54, 1.807) is 5.57 Å². The lowest BCUT2D eigenvalue weighted by molar-refractivity contribution is -0.144. The van der Waals surface area contributed by atoms with Gasteiger partial charge in [0.2, 0.25) is 14.9 Å². The highest BCUT2D eigenvalue weighted by Crippen LogP contribution is 2.65. The molecule has 3 aliphatic carbocycles. The highest BCUT2D eigenvalue weighted by Gasteiger charge is 2.59. The lowest BCUT2D eigenvalue weighted by Gasteiger charge is -2.63. The van der Waals surface area contributed by atoms with Crippen molar-refractivity contribution in [2.75, 3.05) is 13.1 Å². The van der Waals surface area contributed by atoms with Crippen LogP contribution >= 0.6 is 0 Å². The first-order chi connectivity index (χ1) is 19.3. The summed E-state index contributed by atoms with van der Waals surface area (Å²) >= 11 is 0. The van der Waals surface area contributed by atoms with Gasteiger partial charge in [0, 0.05) is 19.5 Å². The van der Waals surface area contributed by atoms with Crippen LogP contribution < -0.4 is 10.6 Å². The molecule has 7 heteroatoms. The van der Waals surface area contributed by atoms with Crippen LogP contribution in [-0.4, -0.2) is 45.8 Å². The number of carbonyl (C=O) groups is 2. The van der Waals surface area contributed by atoms with Gasteiger partial charge in [-0.3, -0.25) is 4.79 Å². The summed E-state index contributed by atoms with van der Waals surface area (Å²) in [5, 5.41) is 5.93. The average molecular weight is 604 g/mol. The fourth-order valence-electron chi connectivity index (χ4n) is 8.97. The Hall–Kier alpha value is -1.34. The second kappa shape index (κ2) is 13.3. The number of hydrogen-bond acceptors (Lipinski definition) is 4. The van der Waals surface area contributed by atoms with Gasteiger partial charge in [0.25, 0.3) is 0 Å². The summed E-state index contributed by atoms with van der Waals surface area (Å²) in [5.41, 5.74) is 3.63. The van der Waals surface area contributed by atoms with Crippen LogP contribution in [-0.2, 0) is 14.0 Å².